The summed E-state index contributed by atoms with van der Waals surface area (Å²) >= 11 is 1.59. The fraction of sp³-hybridized carbons (Fsp3) is 0.243. The molecule has 3 heterocycles. The number of hydrogen-bond donors (Lipinski definition) is 0. The van der Waals surface area contributed by atoms with E-state index in [1.165, 1.54) is 5.56 Å². The highest BCUT2D eigenvalue weighted by atomic mass is 32.1. The van der Waals surface area contributed by atoms with Gasteiger partial charge in [0.25, 0.3) is 0 Å². The molecular weight excluding hydrogens is 579 g/mol. The van der Waals surface area contributed by atoms with Gasteiger partial charge < -0.3 is 9.80 Å². The van der Waals surface area contributed by atoms with Crippen molar-refractivity contribution in [2.45, 2.75) is 45.8 Å². The molecule has 0 fully saturated rings. The molecule has 0 radical (unpaired) electrons. The van der Waals surface area contributed by atoms with Gasteiger partial charge in [-0.15, -0.1) is 11.3 Å². The lowest BCUT2D eigenvalue weighted by atomic mass is 9.97. The highest BCUT2D eigenvalue weighted by Gasteiger charge is 2.34. The predicted molar refractivity (Wildman–Crippen MR) is 179 cm³/mol. The van der Waals surface area contributed by atoms with Gasteiger partial charge in [-0.25, -0.2) is 0 Å². The fourth-order valence-electron chi connectivity index (χ4n) is 6.02. The molecule has 1 aliphatic heterocycles. The summed E-state index contributed by atoms with van der Waals surface area (Å²) in [6, 6.07) is 25.8. The summed E-state index contributed by atoms with van der Waals surface area (Å²) in [6.45, 7) is 5.38. The van der Waals surface area contributed by atoms with Crippen LogP contribution in [-0.4, -0.2) is 49.0 Å². The fourth-order valence-corrected chi connectivity index (χ4v) is 6.64. The van der Waals surface area contributed by atoms with E-state index < -0.39 is 6.04 Å². The van der Waals surface area contributed by atoms with Crippen LogP contribution in [0.5, 0.6) is 0 Å². The number of carbonyl (C=O) groups is 2. The monoisotopic (exact) mass is 615 g/mol. The molecule has 0 saturated carbocycles. The Bertz CT molecular complexity index is 1810. The van der Waals surface area contributed by atoms with Crippen LogP contribution in [0.25, 0.3) is 16.5 Å². The van der Waals surface area contributed by atoms with Gasteiger partial charge in [0, 0.05) is 56.6 Å². The van der Waals surface area contributed by atoms with Crippen LogP contribution in [0.4, 0.5) is 0 Å². The molecule has 2 aromatic heterocycles. The van der Waals surface area contributed by atoms with Crippen molar-refractivity contribution < 1.29 is 9.59 Å². The van der Waals surface area contributed by atoms with Crippen LogP contribution >= 0.6 is 11.3 Å². The Labute approximate surface area is 268 Å². The van der Waals surface area contributed by atoms with Gasteiger partial charge in [0.2, 0.25) is 11.8 Å². The first-order chi connectivity index (χ1) is 21.9. The molecule has 3 aromatic carbocycles. The van der Waals surface area contributed by atoms with Crippen molar-refractivity contribution in [3.05, 3.63) is 136 Å². The Morgan fingerprint density at radius 2 is 1.69 bits per heavy atom. The maximum Gasteiger partial charge on any atom is 0.247 e. The van der Waals surface area contributed by atoms with E-state index in [0.29, 0.717) is 26.1 Å². The van der Waals surface area contributed by atoms with Crippen molar-refractivity contribution in [2.24, 2.45) is 7.05 Å². The Balaban J connectivity index is 1.36. The average Bonchev–Trinajstić information content (AvgIpc) is 3.69. The number of carbonyl (C=O) groups excluding carboxylic acids is 2. The summed E-state index contributed by atoms with van der Waals surface area (Å²) < 4.78 is 1.82. The summed E-state index contributed by atoms with van der Waals surface area (Å²) in [5, 5.41) is 4.51. The van der Waals surface area contributed by atoms with E-state index in [0.717, 1.165) is 50.5 Å². The molecular formula is C37H37N5O2S. The first-order valence-electron chi connectivity index (χ1n) is 15.2. The number of nitrogens with zero attached hydrogens (tertiary/aromatic N) is 5. The van der Waals surface area contributed by atoms with Crippen LogP contribution in [0.3, 0.4) is 0 Å². The van der Waals surface area contributed by atoms with Crippen LogP contribution < -0.4 is 0 Å². The van der Waals surface area contributed by atoms with E-state index in [1.807, 2.05) is 103 Å². The maximum absolute atomic E-state index is 14.5. The summed E-state index contributed by atoms with van der Waals surface area (Å²) in [5.74, 6) is -0.249. The maximum atomic E-state index is 14.5. The van der Waals surface area contributed by atoms with Crippen LogP contribution in [0, 0.1) is 13.8 Å². The smallest absolute Gasteiger partial charge is 0.247 e. The molecule has 0 spiro atoms. The molecule has 1 unspecified atom stereocenters. The number of fused-ring (bicyclic) bond motifs is 1. The minimum absolute atomic E-state index is 0.0369. The number of thiazole rings is 1. The highest BCUT2D eigenvalue weighted by Crippen LogP contribution is 2.26. The zero-order chi connectivity index (χ0) is 31.3. The van der Waals surface area contributed by atoms with Crippen LogP contribution in [-0.2, 0) is 42.6 Å². The minimum atomic E-state index is -0.688. The number of benzene rings is 3. The molecule has 8 heteroatoms. The van der Waals surface area contributed by atoms with E-state index in [1.54, 1.807) is 22.3 Å². The zero-order valence-electron chi connectivity index (χ0n) is 25.9. The second-order valence-corrected chi connectivity index (χ2v) is 12.4. The van der Waals surface area contributed by atoms with Crippen molar-refractivity contribution >= 4 is 29.2 Å². The minimum Gasteiger partial charge on any atom is -0.336 e. The molecule has 45 heavy (non-hydrogen) atoms. The lowest BCUT2D eigenvalue weighted by Crippen LogP contribution is -2.52. The Morgan fingerprint density at radius 3 is 2.38 bits per heavy atom. The number of aryl methyl sites for hydroxylation is 2. The average molecular weight is 616 g/mol. The molecule has 228 valence electrons. The van der Waals surface area contributed by atoms with Crippen molar-refractivity contribution in [2.75, 3.05) is 6.54 Å². The molecule has 0 saturated heterocycles. The summed E-state index contributed by atoms with van der Waals surface area (Å²) in [4.78, 5) is 37.7. The number of hydrogen-bond acceptors (Lipinski definition) is 5. The summed E-state index contributed by atoms with van der Waals surface area (Å²) in [5.41, 5.74) is 10.0. The van der Waals surface area contributed by atoms with Crippen molar-refractivity contribution in [1.29, 1.82) is 0 Å². The molecule has 0 N–H and O–H groups in total. The number of rotatable bonds is 9. The summed E-state index contributed by atoms with van der Waals surface area (Å²) in [6.07, 6.45) is 6.50. The van der Waals surface area contributed by atoms with Crippen molar-refractivity contribution in [3.8, 4) is 10.4 Å². The molecule has 6 rings (SSSR count). The molecule has 0 aliphatic carbocycles. The lowest BCUT2D eigenvalue weighted by molar-refractivity contribution is -0.144. The van der Waals surface area contributed by atoms with Gasteiger partial charge in [0.15, 0.2) is 0 Å². The zero-order valence-corrected chi connectivity index (χ0v) is 26.7. The molecule has 5 aromatic rings. The SMILES string of the molecule is Cc1nn(C)c(C)c1C=CC(=O)N(Cc1ccc(-c2cncs2)cc1)C(Cc1ccccc1)C(=O)N1CCc2ccccc2C1. The van der Waals surface area contributed by atoms with E-state index in [9.17, 15) is 9.59 Å². The van der Waals surface area contributed by atoms with Gasteiger partial charge in [-0.2, -0.15) is 5.10 Å². The Hall–Kier alpha value is -4.82. The number of aromatic nitrogens is 3. The predicted octanol–water partition coefficient (Wildman–Crippen LogP) is 6.40. The van der Waals surface area contributed by atoms with E-state index in [2.05, 4.69) is 34.3 Å². The molecule has 1 aliphatic rings. The standard InChI is InChI=1S/C37H37N5O2S/c1-26-33(27(2)40(3)39-26)17-18-36(43)42(23-29-13-15-31(16-14-29)35-22-38-25-45-35)34(21-28-9-5-4-6-10-28)37(44)41-20-19-30-11-7-8-12-32(30)24-41/h4-18,22,25,34H,19-21,23-24H2,1-3H3. The van der Waals surface area contributed by atoms with Gasteiger partial charge >= 0.3 is 0 Å². The Morgan fingerprint density at radius 1 is 0.956 bits per heavy atom. The lowest BCUT2D eigenvalue weighted by Gasteiger charge is -2.37. The second kappa shape index (κ2) is 13.4. The van der Waals surface area contributed by atoms with Crippen LogP contribution in [0.2, 0.25) is 0 Å². The molecule has 0 bridgehead atoms. The largest absolute Gasteiger partial charge is 0.336 e. The molecule has 7 nitrogen and oxygen atoms in total. The van der Waals surface area contributed by atoms with Gasteiger partial charge in [0.1, 0.15) is 6.04 Å². The van der Waals surface area contributed by atoms with Gasteiger partial charge in [-0.05, 0) is 54.2 Å². The Kier molecular flexibility index (Phi) is 9.03. The normalized spacial score (nSPS) is 13.5. The van der Waals surface area contributed by atoms with E-state index >= 15 is 0 Å². The summed E-state index contributed by atoms with van der Waals surface area (Å²) in [7, 11) is 1.90. The van der Waals surface area contributed by atoms with E-state index in [-0.39, 0.29) is 11.8 Å². The van der Waals surface area contributed by atoms with Crippen LogP contribution in [0.1, 0.15) is 39.2 Å². The molecule has 2 amide bonds. The van der Waals surface area contributed by atoms with Crippen molar-refractivity contribution in [1.82, 2.24) is 24.6 Å². The third-order valence-electron chi connectivity index (χ3n) is 8.64. The molecule has 1 atom stereocenters. The first kappa shape index (κ1) is 30.2. The first-order valence-corrected chi connectivity index (χ1v) is 16.1. The third-order valence-corrected chi connectivity index (χ3v) is 9.46. The second-order valence-electron chi connectivity index (χ2n) is 11.6. The highest BCUT2D eigenvalue weighted by molar-refractivity contribution is 7.13. The van der Waals surface area contributed by atoms with Crippen molar-refractivity contribution in [3.63, 3.8) is 0 Å². The third kappa shape index (κ3) is 6.81. The van der Waals surface area contributed by atoms with Gasteiger partial charge in [0.05, 0.1) is 16.1 Å². The van der Waals surface area contributed by atoms with Crippen LogP contribution in [0.15, 0.2) is 96.6 Å². The van der Waals surface area contributed by atoms with Gasteiger partial charge in [-0.3, -0.25) is 19.3 Å². The number of amides is 2. The topological polar surface area (TPSA) is 71.3 Å². The van der Waals surface area contributed by atoms with Gasteiger partial charge in [-0.1, -0.05) is 78.9 Å². The quantitative estimate of drug-likeness (QED) is 0.180. The van der Waals surface area contributed by atoms with E-state index in [4.69, 9.17) is 0 Å².